The van der Waals surface area contributed by atoms with E-state index in [1.807, 2.05) is 38.1 Å². The zero-order valence-corrected chi connectivity index (χ0v) is 15.4. The van der Waals surface area contributed by atoms with E-state index in [2.05, 4.69) is 38.4 Å². The fourth-order valence-corrected chi connectivity index (χ4v) is 3.99. The maximum absolute atomic E-state index is 12.4. The van der Waals surface area contributed by atoms with Crippen LogP contribution >= 0.6 is 27.3 Å². The van der Waals surface area contributed by atoms with E-state index in [0.29, 0.717) is 12.1 Å². The van der Waals surface area contributed by atoms with Gasteiger partial charge in [0.1, 0.15) is 0 Å². The molecule has 1 amide bonds. The highest BCUT2D eigenvalue weighted by Gasteiger charge is 2.11. The van der Waals surface area contributed by atoms with Crippen LogP contribution in [-0.2, 0) is 6.42 Å². The molecule has 0 saturated carbocycles. The number of fused-ring (bicyclic) bond motifs is 1. The van der Waals surface area contributed by atoms with Crippen molar-refractivity contribution >= 4 is 44.1 Å². The van der Waals surface area contributed by atoms with Crippen LogP contribution in [0, 0.1) is 13.8 Å². The summed E-state index contributed by atoms with van der Waals surface area (Å²) in [6.45, 7) is 4.54. The van der Waals surface area contributed by atoms with Crippen LogP contribution in [0.25, 0.3) is 10.9 Å². The third kappa shape index (κ3) is 3.79. The first-order chi connectivity index (χ1) is 11.0. The summed E-state index contributed by atoms with van der Waals surface area (Å²) in [6, 6.07) is 12.1. The van der Waals surface area contributed by atoms with Gasteiger partial charge < -0.3 is 5.32 Å². The number of rotatable bonds is 4. The number of benzene rings is 1. The summed E-state index contributed by atoms with van der Waals surface area (Å²) in [5, 5.41) is 3.99. The predicted octanol–water partition coefficient (Wildman–Crippen LogP) is 4.65. The number of carbonyl (C=O) groups is 1. The SMILES string of the molecule is Cc1ccc2nc(C)c(C(=O)NCCc3ccc(Br)s3)cc2c1. The van der Waals surface area contributed by atoms with Crippen LogP contribution < -0.4 is 5.32 Å². The third-order valence-corrected chi connectivity index (χ3v) is 5.37. The summed E-state index contributed by atoms with van der Waals surface area (Å²) in [6.07, 6.45) is 0.834. The number of hydrogen-bond donors (Lipinski definition) is 1. The molecule has 3 rings (SSSR count). The molecular formula is C18H17BrN2OS. The first-order valence-corrected chi connectivity index (χ1v) is 9.04. The van der Waals surface area contributed by atoms with Crippen LogP contribution in [0.5, 0.6) is 0 Å². The van der Waals surface area contributed by atoms with Crippen molar-refractivity contribution in [2.45, 2.75) is 20.3 Å². The Kier molecular flexibility index (Phi) is 4.78. The van der Waals surface area contributed by atoms with E-state index < -0.39 is 0 Å². The van der Waals surface area contributed by atoms with Crippen molar-refractivity contribution in [3.63, 3.8) is 0 Å². The molecule has 0 aliphatic heterocycles. The van der Waals surface area contributed by atoms with Gasteiger partial charge in [0.2, 0.25) is 0 Å². The number of halogens is 1. The molecule has 1 N–H and O–H groups in total. The van der Waals surface area contributed by atoms with Crippen LogP contribution in [0.1, 0.15) is 26.5 Å². The number of nitrogens with one attached hydrogen (secondary N) is 1. The van der Waals surface area contributed by atoms with Crippen molar-refractivity contribution in [1.29, 1.82) is 0 Å². The van der Waals surface area contributed by atoms with Crippen molar-refractivity contribution in [1.82, 2.24) is 10.3 Å². The van der Waals surface area contributed by atoms with E-state index in [1.165, 1.54) is 4.88 Å². The van der Waals surface area contributed by atoms with Gasteiger partial charge in [-0.15, -0.1) is 11.3 Å². The molecule has 0 aliphatic carbocycles. The molecule has 0 atom stereocenters. The Balaban J connectivity index is 1.73. The molecule has 2 aromatic heterocycles. The monoisotopic (exact) mass is 388 g/mol. The molecule has 0 radical (unpaired) electrons. The number of nitrogens with zero attached hydrogens (tertiary/aromatic N) is 1. The molecule has 3 aromatic rings. The van der Waals surface area contributed by atoms with Crippen LogP contribution in [0.4, 0.5) is 0 Å². The Morgan fingerprint density at radius 2 is 2.04 bits per heavy atom. The van der Waals surface area contributed by atoms with E-state index in [0.717, 1.165) is 32.4 Å². The second-order valence-electron chi connectivity index (χ2n) is 5.53. The Labute approximate surface area is 147 Å². The van der Waals surface area contributed by atoms with Gasteiger partial charge in [0.05, 0.1) is 20.6 Å². The molecule has 0 unspecified atom stereocenters. The fraction of sp³-hybridized carbons (Fsp3) is 0.222. The average Bonchev–Trinajstić information content (AvgIpc) is 2.92. The van der Waals surface area contributed by atoms with E-state index >= 15 is 0 Å². The number of hydrogen-bond acceptors (Lipinski definition) is 3. The van der Waals surface area contributed by atoms with Gasteiger partial charge in [-0.2, -0.15) is 0 Å². The number of aromatic nitrogens is 1. The van der Waals surface area contributed by atoms with Gasteiger partial charge in [0, 0.05) is 16.8 Å². The Morgan fingerprint density at radius 1 is 1.22 bits per heavy atom. The first kappa shape index (κ1) is 16.1. The zero-order valence-electron chi connectivity index (χ0n) is 13.0. The minimum absolute atomic E-state index is 0.0611. The van der Waals surface area contributed by atoms with Crippen LogP contribution in [0.2, 0.25) is 0 Å². The number of thiophene rings is 1. The molecule has 0 bridgehead atoms. The topological polar surface area (TPSA) is 42.0 Å². The quantitative estimate of drug-likeness (QED) is 0.706. The van der Waals surface area contributed by atoms with Crippen molar-refractivity contribution in [3.05, 3.63) is 61.9 Å². The summed E-state index contributed by atoms with van der Waals surface area (Å²) >= 11 is 5.15. The molecule has 3 nitrogen and oxygen atoms in total. The lowest BCUT2D eigenvalue weighted by Gasteiger charge is -2.09. The second kappa shape index (κ2) is 6.81. The first-order valence-electron chi connectivity index (χ1n) is 7.43. The number of carbonyl (C=O) groups excluding carboxylic acids is 1. The highest BCUT2D eigenvalue weighted by Crippen LogP contribution is 2.22. The highest BCUT2D eigenvalue weighted by molar-refractivity contribution is 9.11. The molecule has 23 heavy (non-hydrogen) atoms. The van der Waals surface area contributed by atoms with Crippen LogP contribution in [-0.4, -0.2) is 17.4 Å². The lowest BCUT2D eigenvalue weighted by atomic mass is 10.1. The minimum atomic E-state index is -0.0611. The summed E-state index contributed by atoms with van der Waals surface area (Å²) in [5.41, 5.74) is 3.50. The van der Waals surface area contributed by atoms with Gasteiger partial charge >= 0.3 is 0 Å². The van der Waals surface area contributed by atoms with Gasteiger partial charge in [-0.1, -0.05) is 11.6 Å². The number of pyridine rings is 1. The summed E-state index contributed by atoms with van der Waals surface area (Å²) in [7, 11) is 0. The summed E-state index contributed by atoms with van der Waals surface area (Å²) in [4.78, 5) is 18.2. The zero-order chi connectivity index (χ0) is 16.4. The van der Waals surface area contributed by atoms with E-state index in [9.17, 15) is 4.79 Å². The molecule has 1 aromatic carbocycles. The molecule has 0 aliphatic rings. The third-order valence-electron chi connectivity index (χ3n) is 3.69. The Hall–Kier alpha value is -1.72. The Morgan fingerprint density at radius 3 is 2.78 bits per heavy atom. The van der Waals surface area contributed by atoms with Crippen molar-refractivity contribution in [2.75, 3.05) is 6.54 Å². The van der Waals surface area contributed by atoms with Crippen molar-refractivity contribution in [3.8, 4) is 0 Å². The summed E-state index contributed by atoms with van der Waals surface area (Å²) < 4.78 is 1.11. The van der Waals surface area contributed by atoms with Gasteiger partial charge in [0.15, 0.2) is 0 Å². The minimum Gasteiger partial charge on any atom is -0.352 e. The second-order valence-corrected chi connectivity index (χ2v) is 8.08. The molecule has 2 heterocycles. The van der Waals surface area contributed by atoms with E-state index in [-0.39, 0.29) is 5.91 Å². The molecule has 5 heteroatoms. The normalized spacial score (nSPS) is 10.9. The molecule has 0 fully saturated rings. The maximum Gasteiger partial charge on any atom is 0.253 e. The molecule has 0 spiro atoms. The van der Waals surface area contributed by atoms with E-state index in [4.69, 9.17) is 0 Å². The van der Waals surface area contributed by atoms with Crippen molar-refractivity contribution in [2.24, 2.45) is 0 Å². The standard InChI is InChI=1S/C18H17BrN2OS/c1-11-3-5-16-13(9-11)10-15(12(2)21-16)18(22)20-8-7-14-4-6-17(19)23-14/h3-6,9-10H,7-8H2,1-2H3,(H,20,22). The fourth-order valence-electron chi connectivity index (χ4n) is 2.50. The van der Waals surface area contributed by atoms with Crippen molar-refractivity contribution < 1.29 is 4.79 Å². The van der Waals surface area contributed by atoms with Gasteiger partial charge in [-0.3, -0.25) is 9.78 Å². The summed E-state index contributed by atoms with van der Waals surface area (Å²) in [5.74, 6) is -0.0611. The van der Waals surface area contributed by atoms with E-state index in [1.54, 1.807) is 11.3 Å². The maximum atomic E-state index is 12.4. The van der Waals surface area contributed by atoms with Crippen LogP contribution in [0.3, 0.4) is 0 Å². The largest absolute Gasteiger partial charge is 0.352 e. The van der Waals surface area contributed by atoms with Gasteiger partial charge in [-0.05, 0) is 66.5 Å². The lowest BCUT2D eigenvalue weighted by molar-refractivity contribution is 0.0953. The van der Waals surface area contributed by atoms with Crippen LogP contribution in [0.15, 0.2) is 40.2 Å². The predicted molar refractivity (Wildman–Crippen MR) is 99.3 cm³/mol. The average molecular weight is 389 g/mol. The number of aryl methyl sites for hydroxylation is 2. The smallest absolute Gasteiger partial charge is 0.253 e. The van der Waals surface area contributed by atoms with Gasteiger partial charge in [0.25, 0.3) is 5.91 Å². The number of amides is 1. The highest BCUT2D eigenvalue weighted by atomic mass is 79.9. The molecule has 0 saturated heterocycles. The molecular weight excluding hydrogens is 372 g/mol. The lowest BCUT2D eigenvalue weighted by Crippen LogP contribution is -2.26. The van der Waals surface area contributed by atoms with Gasteiger partial charge in [-0.25, -0.2) is 0 Å². The Bertz CT molecular complexity index is 873. The molecule has 118 valence electrons.